The van der Waals surface area contributed by atoms with E-state index < -0.39 is 5.54 Å². The first-order valence-corrected chi connectivity index (χ1v) is 11.4. The van der Waals surface area contributed by atoms with Crippen LogP contribution >= 0.6 is 0 Å². The third kappa shape index (κ3) is 4.37. The minimum absolute atomic E-state index is 0.0957. The van der Waals surface area contributed by atoms with Crippen LogP contribution in [0.5, 0.6) is 5.75 Å². The Bertz CT molecular complexity index is 956. The SMILES string of the molecule is COc1cccc(C[C@]2(C3CCN(C[C@@H](C)c4ccccc4)CC3)NC(=O)N(C)C2=O)c1. The molecule has 2 heterocycles. The number of amides is 3. The molecular formula is C26H33N3O3. The van der Waals surface area contributed by atoms with E-state index in [0.29, 0.717) is 12.3 Å². The first-order chi connectivity index (χ1) is 15.4. The zero-order valence-corrected chi connectivity index (χ0v) is 19.2. The molecule has 2 saturated heterocycles. The molecule has 3 amide bonds. The molecule has 170 valence electrons. The summed E-state index contributed by atoms with van der Waals surface area (Å²) in [6.07, 6.45) is 2.24. The number of benzene rings is 2. The Kier molecular flexibility index (Phi) is 6.51. The van der Waals surface area contributed by atoms with Gasteiger partial charge in [0, 0.05) is 20.0 Å². The summed E-state index contributed by atoms with van der Waals surface area (Å²) in [7, 11) is 3.21. The average molecular weight is 436 g/mol. The molecule has 0 radical (unpaired) electrons. The number of hydrogen-bond donors (Lipinski definition) is 1. The van der Waals surface area contributed by atoms with Gasteiger partial charge in [-0.05, 0) is 61.0 Å². The highest BCUT2D eigenvalue weighted by Gasteiger charge is 2.54. The number of imide groups is 1. The molecule has 1 N–H and O–H groups in total. The van der Waals surface area contributed by atoms with Crippen LogP contribution in [-0.2, 0) is 11.2 Å². The van der Waals surface area contributed by atoms with E-state index in [0.717, 1.165) is 43.8 Å². The van der Waals surface area contributed by atoms with Crippen molar-refractivity contribution in [2.75, 3.05) is 33.8 Å². The van der Waals surface area contributed by atoms with Crippen LogP contribution in [0.4, 0.5) is 4.79 Å². The van der Waals surface area contributed by atoms with Gasteiger partial charge in [0.2, 0.25) is 0 Å². The van der Waals surface area contributed by atoms with Crippen molar-refractivity contribution >= 4 is 11.9 Å². The fraction of sp³-hybridized carbons (Fsp3) is 0.462. The van der Waals surface area contributed by atoms with Gasteiger partial charge < -0.3 is 15.0 Å². The van der Waals surface area contributed by atoms with Crippen molar-refractivity contribution in [1.82, 2.24) is 15.1 Å². The second-order valence-corrected chi connectivity index (χ2v) is 9.18. The predicted octanol–water partition coefficient (Wildman–Crippen LogP) is 3.67. The van der Waals surface area contributed by atoms with E-state index in [9.17, 15) is 9.59 Å². The monoisotopic (exact) mass is 435 g/mol. The summed E-state index contributed by atoms with van der Waals surface area (Å²) in [4.78, 5) is 29.5. The van der Waals surface area contributed by atoms with E-state index in [-0.39, 0.29) is 17.9 Å². The maximum absolute atomic E-state index is 13.3. The first-order valence-electron chi connectivity index (χ1n) is 11.4. The number of likely N-dealkylation sites (N-methyl/N-ethyl adjacent to an activating group) is 1. The molecule has 0 unspecified atom stereocenters. The maximum Gasteiger partial charge on any atom is 0.324 e. The Balaban J connectivity index is 1.48. The number of ether oxygens (including phenoxy) is 1. The zero-order valence-electron chi connectivity index (χ0n) is 19.2. The van der Waals surface area contributed by atoms with Crippen LogP contribution in [0.15, 0.2) is 54.6 Å². The number of likely N-dealkylation sites (tertiary alicyclic amines) is 1. The van der Waals surface area contributed by atoms with Gasteiger partial charge in [-0.1, -0.05) is 49.4 Å². The van der Waals surface area contributed by atoms with Gasteiger partial charge in [0.15, 0.2) is 0 Å². The van der Waals surface area contributed by atoms with E-state index in [4.69, 9.17) is 4.74 Å². The lowest BCUT2D eigenvalue weighted by molar-refractivity contribution is -0.133. The third-order valence-corrected chi connectivity index (χ3v) is 7.12. The van der Waals surface area contributed by atoms with Crippen LogP contribution in [-0.4, -0.2) is 61.1 Å². The Labute approximate surface area is 190 Å². The molecule has 6 nitrogen and oxygen atoms in total. The van der Waals surface area contributed by atoms with E-state index >= 15 is 0 Å². The standard InChI is InChI=1S/C26H33N3O3/c1-19(21-9-5-4-6-10-21)18-29-14-12-22(13-15-29)26(24(30)28(2)25(31)27-26)17-20-8-7-11-23(16-20)32-3/h4-11,16,19,22H,12-15,17-18H2,1-3H3,(H,27,31)/t19-,26-/m1/s1. The highest BCUT2D eigenvalue weighted by molar-refractivity contribution is 6.07. The number of nitrogens with zero attached hydrogens (tertiary/aromatic N) is 2. The van der Waals surface area contributed by atoms with E-state index in [2.05, 4.69) is 41.4 Å². The predicted molar refractivity (Wildman–Crippen MR) is 125 cm³/mol. The summed E-state index contributed by atoms with van der Waals surface area (Å²) in [6.45, 7) is 5.12. The van der Waals surface area contributed by atoms with Crippen LogP contribution in [0, 0.1) is 5.92 Å². The number of carbonyl (C=O) groups excluding carboxylic acids is 2. The number of piperidine rings is 1. The van der Waals surface area contributed by atoms with Crippen molar-refractivity contribution in [2.45, 2.75) is 37.6 Å². The molecule has 4 rings (SSSR count). The van der Waals surface area contributed by atoms with Gasteiger partial charge in [-0.25, -0.2) is 4.79 Å². The van der Waals surface area contributed by atoms with Crippen molar-refractivity contribution in [1.29, 1.82) is 0 Å². The van der Waals surface area contributed by atoms with Gasteiger partial charge >= 0.3 is 6.03 Å². The van der Waals surface area contributed by atoms with Crippen LogP contribution in [0.2, 0.25) is 0 Å². The number of urea groups is 1. The first kappa shape index (κ1) is 22.3. The molecule has 0 saturated carbocycles. The lowest BCUT2D eigenvalue weighted by atomic mass is 9.73. The normalized spacial score (nSPS) is 23.3. The molecule has 2 aromatic rings. The topological polar surface area (TPSA) is 61.9 Å². The summed E-state index contributed by atoms with van der Waals surface area (Å²) in [5, 5.41) is 3.08. The smallest absolute Gasteiger partial charge is 0.324 e. The molecule has 2 aliphatic rings. The van der Waals surface area contributed by atoms with Crippen molar-refractivity contribution < 1.29 is 14.3 Å². The molecular weight excluding hydrogens is 402 g/mol. The van der Waals surface area contributed by atoms with Gasteiger partial charge in [-0.3, -0.25) is 9.69 Å². The number of hydrogen-bond acceptors (Lipinski definition) is 4. The number of nitrogens with one attached hydrogen (secondary N) is 1. The molecule has 6 heteroatoms. The fourth-order valence-corrected chi connectivity index (χ4v) is 5.25. The third-order valence-electron chi connectivity index (χ3n) is 7.12. The van der Waals surface area contributed by atoms with Gasteiger partial charge in [0.05, 0.1) is 7.11 Å². The minimum Gasteiger partial charge on any atom is -0.497 e. The Morgan fingerprint density at radius 2 is 1.81 bits per heavy atom. The average Bonchev–Trinajstić information content (AvgIpc) is 3.04. The molecule has 2 fully saturated rings. The molecule has 0 aromatic heterocycles. The summed E-state index contributed by atoms with van der Waals surface area (Å²) in [6, 6.07) is 18.1. The molecule has 2 atom stereocenters. The van der Waals surface area contributed by atoms with Gasteiger partial charge in [0.1, 0.15) is 11.3 Å². The molecule has 32 heavy (non-hydrogen) atoms. The van der Waals surface area contributed by atoms with Crippen molar-refractivity contribution in [3.8, 4) is 5.75 Å². The van der Waals surface area contributed by atoms with Gasteiger partial charge in [-0.2, -0.15) is 0 Å². The number of rotatable bonds is 7. The van der Waals surface area contributed by atoms with Crippen LogP contribution in [0.1, 0.15) is 36.8 Å². The fourth-order valence-electron chi connectivity index (χ4n) is 5.25. The number of methoxy groups -OCH3 is 1. The molecule has 2 aromatic carbocycles. The van der Waals surface area contributed by atoms with Crippen LogP contribution in [0.25, 0.3) is 0 Å². The number of carbonyl (C=O) groups is 2. The second kappa shape index (κ2) is 9.33. The molecule has 0 bridgehead atoms. The Hall–Kier alpha value is -2.86. The second-order valence-electron chi connectivity index (χ2n) is 9.18. The highest BCUT2D eigenvalue weighted by atomic mass is 16.5. The van der Waals surface area contributed by atoms with Crippen molar-refractivity contribution in [3.63, 3.8) is 0 Å². The zero-order chi connectivity index (χ0) is 22.7. The minimum atomic E-state index is -0.894. The summed E-state index contributed by atoms with van der Waals surface area (Å²) < 4.78 is 5.36. The molecule has 0 spiro atoms. The Morgan fingerprint density at radius 3 is 2.44 bits per heavy atom. The van der Waals surface area contributed by atoms with Crippen molar-refractivity contribution in [3.05, 3.63) is 65.7 Å². The quantitative estimate of drug-likeness (QED) is 0.674. The molecule has 2 aliphatic heterocycles. The lowest BCUT2D eigenvalue weighted by Gasteiger charge is -2.41. The van der Waals surface area contributed by atoms with Crippen molar-refractivity contribution in [2.24, 2.45) is 5.92 Å². The maximum atomic E-state index is 13.3. The van der Waals surface area contributed by atoms with Crippen LogP contribution < -0.4 is 10.1 Å². The van der Waals surface area contributed by atoms with E-state index in [1.165, 1.54) is 10.5 Å². The van der Waals surface area contributed by atoms with Gasteiger partial charge in [-0.15, -0.1) is 0 Å². The van der Waals surface area contributed by atoms with Gasteiger partial charge in [0.25, 0.3) is 5.91 Å². The van der Waals surface area contributed by atoms with Crippen LogP contribution in [0.3, 0.4) is 0 Å². The Morgan fingerprint density at radius 1 is 1.09 bits per heavy atom. The largest absolute Gasteiger partial charge is 0.497 e. The summed E-state index contributed by atoms with van der Waals surface area (Å²) in [5.41, 5.74) is 1.45. The summed E-state index contributed by atoms with van der Waals surface area (Å²) in [5.74, 6) is 1.18. The highest BCUT2D eigenvalue weighted by Crippen LogP contribution is 2.37. The summed E-state index contributed by atoms with van der Waals surface area (Å²) >= 11 is 0. The lowest BCUT2D eigenvalue weighted by Crippen LogP contribution is -2.57. The molecule has 0 aliphatic carbocycles. The van der Waals surface area contributed by atoms with E-state index in [1.807, 2.05) is 30.3 Å². The van der Waals surface area contributed by atoms with E-state index in [1.54, 1.807) is 14.2 Å².